The Morgan fingerprint density at radius 3 is 2.47 bits per heavy atom. The van der Waals surface area contributed by atoms with Crippen LogP contribution in [0.1, 0.15) is 94.0 Å². The molecule has 2 N–H and O–H groups in total. The number of ether oxygens (including phenoxy) is 1. The number of rotatable bonds is 7. The van der Waals surface area contributed by atoms with E-state index in [0.717, 1.165) is 50.5 Å². The zero-order chi connectivity index (χ0) is 27.1. The van der Waals surface area contributed by atoms with E-state index in [1.807, 2.05) is 6.08 Å². The zero-order valence-electron chi connectivity index (χ0n) is 22.5. The van der Waals surface area contributed by atoms with Gasteiger partial charge in [0.25, 0.3) is 0 Å². The third kappa shape index (κ3) is 4.92. The molecule has 3 fully saturated rings. The molecule has 1 amide bonds. The van der Waals surface area contributed by atoms with Crippen LogP contribution in [0.15, 0.2) is 35.9 Å². The zero-order valence-corrected chi connectivity index (χ0v) is 22.5. The Morgan fingerprint density at radius 2 is 1.74 bits per heavy atom. The van der Waals surface area contributed by atoms with Crippen molar-refractivity contribution in [1.29, 1.82) is 0 Å². The molecule has 3 saturated carbocycles. The molecule has 0 heterocycles. The highest BCUT2D eigenvalue weighted by atomic mass is 16.5. The van der Waals surface area contributed by atoms with Crippen molar-refractivity contribution in [3.05, 3.63) is 47.0 Å². The molecule has 0 saturated heterocycles. The van der Waals surface area contributed by atoms with Gasteiger partial charge in [-0.1, -0.05) is 31.6 Å². The van der Waals surface area contributed by atoms with Crippen LogP contribution in [0, 0.1) is 28.6 Å². The highest BCUT2D eigenvalue weighted by molar-refractivity contribution is 5.91. The summed E-state index contributed by atoms with van der Waals surface area (Å²) >= 11 is 0. The molecule has 38 heavy (non-hydrogen) atoms. The van der Waals surface area contributed by atoms with Crippen LogP contribution in [0.2, 0.25) is 0 Å². The van der Waals surface area contributed by atoms with E-state index in [0.29, 0.717) is 24.2 Å². The van der Waals surface area contributed by atoms with Gasteiger partial charge in [-0.3, -0.25) is 14.4 Å². The van der Waals surface area contributed by atoms with Crippen LogP contribution >= 0.6 is 0 Å². The molecule has 0 spiro atoms. The fourth-order valence-corrected chi connectivity index (χ4v) is 8.19. The third-order valence-corrected chi connectivity index (χ3v) is 10.4. The number of amides is 1. The Morgan fingerprint density at radius 1 is 0.974 bits per heavy atom. The first-order chi connectivity index (χ1) is 18.1. The van der Waals surface area contributed by atoms with Gasteiger partial charge in [-0.2, -0.15) is 0 Å². The van der Waals surface area contributed by atoms with Crippen LogP contribution in [-0.2, 0) is 25.7 Å². The summed E-state index contributed by atoms with van der Waals surface area (Å²) in [6.07, 6.45) is 9.83. The first kappa shape index (κ1) is 26.6. The number of esters is 1. The SMILES string of the molecule is C[C@]12CC[C@H]3[C@H](CCC4=CC(=O)CC[C@@]43C)[C@@H]1CC[C@@H]2OC(=O)CCC(=O)NCc1ccc(C(=O)O)cc1. The number of carboxylic acids is 1. The summed E-state index contributed by atoms with van der Waals surface area (Å²) in [4.78, 5) is 48.1. The van der Waals surface area contributed by atoms with Gasteiger partial charge in [0.2, 0.25) is 5.91 Å². The molecule has 1 aromatic carbocycles. The number of aromatic carboxylic acids is 1. The molecule has 7 heteroatoms. The average molecular weight is 522 g/mol. The van der Waals surface area contributed by atoms with Gasteiger partial charge in [0, 0.05) is 24.8 Å². The molecule has 0 radical (unpaired) electrons. The Labute approximate surface area is 224 Å². The summed E-state index contributed by atoms with van der Waals surface area (Å²) in [5, 5.41) is 11.8. The van der Waals surface area contributed by atoms with Gasteiger partial charge in [0.1, 0.15) is 6.10 Å². The number of fused-ring (bicyclic) bond motifs is 5. The maximum Gasteiger partial charge on any atom is 0.335 e. The van der Waals surface area contributed by atoms with Gasteiger partial charge >= 0.3 is 11.9 Å². The van der Waals surface area contributed by atoms with Crippen molar-refractivity contribution in [3.8, 4) is 0 Å². The van der Waals surface area contributed by atoms with E-state index in [2.05, 4.69) is 19.2 Å². The lowest BCUT2D eigenvalue weighted by Crippen LogP contribution is -2.51. The molecule has 0 unspecified atom stereocenters. The molecule has 0 aliphatic heterocycles. The number of carboxylic acid groups (broad SMARTS) is 1. The maximum atomic E-state index is 12.8. The fourth-order valence-electron chi connectivity index (χ4n) is 8.19. The molecule has 0 bridgehead atoms. The number of nitrogens with one attached hydrogen (secondary N) is 1. The second-order valence-corrected chi connectivity index (χ2v) is 12.3. The van der Waals surface area contributed by atoms with Crippen molar-refractivity contribution >= 4 is 23.6 Å². The number of hydrogen-bond donors (Lipinski definition) is 2. The van der Waals surface area contributed by atoms with E-state index in [9.17, 15) is 19.2 Å². The minimum Gasteiger partial charge on any atom is -0.478 e. The quantitative estimate of drug-likeness (QED) is 0.476. The molecule has 4 aliphatic carbocycles. The predicted octanol–water partition coefficient (Wildman–Crippen LogP) is 5.22. The Bertz CT molecular complexity index is 1160. The van der Waals surface area contributed by atoms with E-state index in [1.54, 1.807) is 12.1 Å². The second-order valence-electron chi connectivity index (χ2n) is 12.3. The maximum absolute atomic E-state index is 12.8. The van der Waals surface area contributed by atoms with Crippen LogP contribution < -0.4 is 5.32 Å². The van der Waals surface area contributed by atoms with Crippen LogP contribution in [0.4, 0.5) is 0 Å². The van der Waals surface area contributed by atoms with Crippen molar-refractivity contribution in [2.24, 2.45) is 28.6 Å². The number of ketones is 1. The van der Waals surface area contributed by atoms with E-state index in [4.69, 9.17) is 9.84 Å². The molecule has 204 valence electrons. The van der Waals surface area contributed by atoms with Gasteiger partial charge < -0.3 is 15.2 Å². The third-order valence-electron chi connectivity index (χ3n) is 10.4. The molecular formula is C31H39NO6. The highest BCUT2D eigenvalue weighted by Gasteiger charge is 2.59. The first-order valence-electron chi connectivity index (χ1n) is 14.1. The molecule has 4 aliphatic rings. The van der Waals surface area contributed by atoms with Gasteiger partial charge in [-0.25, -0.2) is 4.79 Å². The average Bonchev–Trinajstić information content (AvgIpc) is 3.22. The monoisotopic (exact) mass is 521 g/mol. The van der Waals surface area contributed by atoms with Crippen LogP contribution in [0.25, 0.3) is 0 Å². The lowest BCUT2D eigenvalue weighted by molar-refractivity contribution is -0.160. The van der Waals surface area contributed by atoms with Gasteiger partial charge in [0.05, 0.1) is 12.0 Å². The van der Waals surface area contributed by atoms with Crippen molar-refractivity contribution < 1.29 is 29.0 Å². The topological polar surface area (TPSA) is 110 Å². The molecule has 6 atom stereocenters. The lowest BCUT2D eigenvalue weighted by atomic mass is 9.47. The van der Waals surface area contributed by atoms with Gasteiger partial charge in [0.15, 0.2) is 5.78 Å². The fraction of sp³-hybridized carbons (Fsp3) is 0.613. The Hall–Kier alpha value is -2.96. The Kier molecular flexibility index (Phi) is 7.23. The van der Waals surface area contributed by atoms with E-state index in [-0.39, 0.29) is 59.5 Å². The minimum absolute atomic E-state index is 0.0245. The summed E-state index contributed by atoms with van der Waals surface area (Å²) in [5.74, 6) is 0.501. The second kappa shape index (κ2) is 10.3. The Balaban J connectivity index is 1.12. The molecule has 5 rings (SSSR count). The number of carbonyl (C=O) groups is 4. The van der Waals surface area contributed by atoms with Crippen LogP contribution in [-0.4, -0.2) is 34.8 Å². The van der Waals surface area contributed by atoms with Crippen LogP contribution in [0.3, 0.4) is 0 Å². The van der Waals surface area contributed by atoms with E-state index < -0.39 is 5.97 Å². The lowest BCUT2D eigenvalue weighted by Gasteiger charge is -2.57. The van der Waals surface area contributed by atoms with Gasteiger partial charge in [-0.05, 0) is 91.9 Å². The molecule has 7 nitrogen and oxygen atoms in total. The summed E-state index contributed by atoms with van der Waals surface area (Å²) in [6, 6.07) is 6.34. The van der Waals surface area contributed by atoms with Crippen molar-refractivity contribution in [1.82, 2.24) is 5.32 Å². The van der Waals surface area contributed by atoms with Crippen LogP contribution in [0.5, 0.6) is 0 Å². The number of carbonyl (C=O) groups excluding carboxylic acids is 3. The summed E-state index contributed by atoms with van der Waals surface area (Å²) < 4.78 is 6.03. The van der Waals surface area contributed by atoms with Gasteiger partial charge in [-0.15, -0.1) is 0 Å². The molecule has 1 aromatic rings. The van der Waals surface area contributed by atoms with E-state index >= 15 is 0 Å². The van der Waals surface area contributed by atoms with Crippen molar-refractivity contribution in [2.45, 2.75) is 90.7 Å². The summed E-state index contributed by atoms with van der Waals surface area (Å²) in [6.45, 7) is 4.97. The summed E-state index contributed by atoms with van der Waals surface area (Å²) in [7, 11) is 0. The highest BCUT2D eigenvalue weighted by Crippen LogP contribution is 2.65. The number of hydrogen-bond acceptors (Lipinski definition) is 5. The smallest absolute Gasteiger partial charge is 0.335 e. The van der Waals surface area contributed by atoms with E-state index in [1.165, 1.54) is 17.7 Å². The number of allylic oxidation sites excluding steroid dienone is 1. The molecule has 0 aromatic heterocycles. The summed E-state index contributed by atoms with van der Waals surface area (Å²) in [5.41, 5.74) is 2.48. The minimum atomic E-state index is -0.990. The largest absolute Gasteiger partial charge is 0.478 e. The van der Waals surface area contributed by atoms with Crippen molar-refractivity contribution in [3.63, 3.8) is 0 Å². The predicted molar refractivity (Wildman–Crippen MR) is 141 cm³/mol. The first-order valence-corrected chi connectivity index (χ1v) is 14.1. The standard InChI is InChI=1S/C31H39NO6/c1-30-15-13-22(33)17-21(30)7-8-23-24-9-10-26(31(24,2)16-14-25(23)30)38-28(35)12-11-27(34)32-18-19-3-5-20(6-4-19)29(36)37/h3-6,17,23-26H,7-16,18H2,1-2H3,(H,32,34)(H,36,37)/t23-,24+,25+,26+,30+,31+/m1/s1. The normalized spacial score (nSPS) is 33.8. The van der Waals surface area contributed by atoms with Crippen molar-refractivity contribution in [2.75, 3.05) is 0 Å². The molecular weight excluding hydrogens is 482 g/mol. The number of benzene rings is 1.